The minimum atomic E-state index is -0.431. The van der Waals surface area contributed by atoms with Gasteiger partial charge in [-0.05, 0) is 58.7 Å². The molecule has 5 heteroatoms. The molecule has 104 valence electrons. The van der Waals surface area contributed by atoms with Crippen LogP contribution in [0.4, 0.5) is 8.78 Å². The van der Waals surface area contributed by atoms with Gasteiger partial charge in [-0.1, -0.05) is 12.1 Å². The molecule has 1 unspecified atom stereocenters. The maximum Gasteiger partial charge on any atom is 0.251 e. The first-order valence-corrected chi connectivity index (χ1v) is 6.78. The molecule has 2 rings (SSSR count). The molecule has 0 aromatic heterocycles. The molecule has 1 amide bonds. The van der Waals surface area contributed by atoms with E-state index in [0.29, 0.717) is 11.1 Å². The van der Waals surface area contributed by atoms with Crippen LogP contribution in [0.5, 0.6) is 0 Å². The molecule has 2 aromatic carbocycles. The van der Waals surface area contributed by atoms with Crippen molar-refractivity contribution in [2.24, 2.45) is 0 Å². The summed E-state index contributed by atoms with van der Waals surface area (Å²) in [7, 11) is 0. The van der Waals surface area contributed by atoms with E-state index in [-0.39, 0.29) is 22.2 Å². The Kier molecular flexibility index (Phi) is 4.49. The average molecular weight is 340 g/mol. The minimum Gasteiger partial charge on any atom is -0.346 e. The largest absolute Gasteiger partial charge is 0.346 e. The van der Waals surface area contributed by atoms with Gasteiger partial charge in [0, 0.05) is 5.56 Å². The molecule has 0 aliphatic carbocycles. The van der Waals surface area contributed by atoms with Crippen molar-refractivity contribution in [3.8, 4) is 0 Å². The number of amides is 1. The van der Waals surface area contributed by atoms with E-state index < -0.39 is 5.82 Å². The number of nitrogens with one attached hydrogen (secondary N) is 1. The predicted octanol–water partition coefficient (Wildman–Crippen LogP) is 4.22. The second-order valence-electron chi connectivity index (χ2n) is 4.38. The highest BCUT2D eigenvalue weighted by Gasteiger charge is 2.13. The molecular weight excluding hydrogens is 328 g/mol. The van der Waals surface area contributed by atoms with Crippen LogP contribution in [-0.4, -0.2) is 5.91 Å². The van der Waals surface area contributed by atoms with E-state index >= 15 is 0 Å². The highest BCUT2D eigenvalue weighted by Crippen LogP contribution is 2.18. The number of hydrogen-bond acceptors (Lipinski definition) is 1. The van der Waals surface area contributed by atoms with Gasteiger partial charge in [0.2, 0.25) is 0 Å². The van der Waals surface area contributed by atoms with Crippen LogP contribution in [0.1, 0.15) is 28.9 Å². The van der Waals surface area contributed by atoms with Gasteiger partial charge in [-0.25, -0.2) is 8.78 Å². The van der Waals surface area contributed by atoms with Crippen molar-refractivity contribution in [3.05, 3.63) is 69.7 Å². The first-order chi connectivity index (χ1) is 9.47. The summed E-state index contributed by atoms with van der Waals surface area (Å²) in [6.45, 7) is 1.76. The van der Waals surface area contributed by atoms with Crippen molar-refractivity contribution in [2.45, 2.75) is 13.0 Å². The fraction of sp³-hybridized carbons (Fsp3) is 0.133. The molecule has 0 heterocycles. The molecule has 0 saturated carbocycles. The first kappa shape index (κ1) is 14.7. The van der Waals surface area contributed by atoms with Crippen LogP contribution >= 0.6 is 15.9 Å². The summed E-state index contributed by atoms with van der Waals surface area (Å²) in [5, 5.41) is 2.74. The standard InChI is InChI=1S/C15H12BrF2NO/c1-9(10-3-2-4-12(17)7-10)19-15(20)11-5-6-14(18)13(16)8-11/h2-9H,1H3,(H,19,20). The lowest BCUT2D eigenvalue weighted by Crippen LogP contribution is -2.26. The Balaban J connectivity index is 2.13. The monoisotopic (exact) mass is 339 g/mol. The third kappa shape index (κ3) is 3.42. The fourth-order valence-electron chi connectivity index (χ4n) is 1.78. The topological polar surface area (TPSA) is 29.1 Å². The van der Waals surface area contributed by atoms with Crippen LogP contribution < -0.4 is 5.32 Å². The third-order valence-corrected chi connectivity index (χ3v) is 3.49. The molecule has 1 N–H and O–H groups in total. The maximum absolute atomic E-state index is 13.1. The Labute approximate surface area is 123 Å². The van der Waals surface area contributed by atoms with Crippen LogP contribution in [0.2, 0.25) is 0 Å². The van der Waals surface area contributed by atoms with E-state index in [4.69, 9.17) is 0 Å². The van der Waals surface area contributed by atoms with Gasteiger partial charge in [0.15, 0.2) is 0 Å². The number of rotatable bonds is 3. The smallest absolute Gasteiger partial charge is 0.251 e. The first-order valence-electron chi connectivity index (χ1n) is 5.99. The highest BCUT2D eigenvalue weighted by molar-refractivity contribution is 9.10. The molecular formula is C15H12BrF2NO. The van der Waals surface area contributed by atoms with Crippen molar-refractivity contribution < 1.29 is 13.6 Å². The van der Waals surface area contributed by atoms with Crippen molar-refractivity contribution in [1.29, 1.82) is 0 Å². The van der Waals surface area contributed by atoms with E-state index in [1.807, 2.05) is 0 Å². The molecule has 20 heavy (non-hydrogen) atoms. The summed E-state index contributed by atoms with van der Waals surface area (Å²) in [4.78, 5) is 12.0. The van der Waals surface area contributed by atoms with E-state index in [1.165, 1.54) is 30.3 Å². The van der Waals surface area contributed by atoms with Gasteiger partial charge in [0.25, 0.3) is 5.91 Å². The minimum absolute atomic E-state index is 0.226. The van der Waals surface area contributed by atoms with Gasteiger partial charge < -0.3 is 5.32 Å². The Bertz CT molecular complexity index is 646. The zero-order chi connectivity index (χ0) is 14.7. The van der Waals surface area contributed by atoms with Gasteiger partial charge in [-0.3, -0.25) is 4.79 Å². The summed E-state index contributed by atoms with van der Waals surface area (Å²) in [5.74, 6) is -1.13. The molecule has 0 aliphatic rings. The van der Waals surface area contributed by atoms with E-state index in [9.17, 15) is 13.6 Å². The zero-order valence-corrected chi connectivity index (χ0v) is 12.2. The van der Waals surface area contributed by atoms with Crippen LogP contribution in [0.25, 0.3) is 0 Å². The Morgan fingerprint density at radius 1 is 1.20 bits per heavy atom. The molecule has 0 bridgehead atoms. The number of carbonyl (C=O) groups excluding carboxylic acids is 1. The van der Waals surface area contributed by atoms with Gasteiger partial charge in [0.05, 0.1) is 10.5 Å². The molecule has 1 atom stereocenters. The SMILES string of the molecule is CC(NC(=O)c1ccc(F)c(Br)c1)c1cccc(F)c1. The van der Waals surface area contributed by atoms with Crippen molar-refractivity contribution >= 4 is 21.8 Å². The molecule has 0 aliphatic heterocycles. The second kappa shape index (κ2) is 6.13. The van der Waals surface area contributed by atoms with Crippen LogP contribution in [0.3, 0.4) is 0 Å². The summed E-state index contributed by atoms with van der Waals surface area (Å²) in [6, 6.07) is 9.70. The molecule has 0 fully saturated rings. The van der Waals surface area contributed by atoms with Gasteiger partial charge in [0.1, 0.15) is 11.6 Å². The number of hydrogen-bond donors (Lipinski definition) is 1. The normalized spacial score (nSPS) is 12.0. The molecule has 0 spiro atoms. The summed E-state index contributed by atoms with van der Waals surface area (Å²) in [5.41, 5.74) is 1.00. The number of benzene rings is 2. The molecule has 2 aromatic rings. The zero-order valence-electron chi connectivity index (χ0n) is 10.7. The lowest BCUT2D eigenvalue weighted by atomic mass is 10.1. The van der Waals surface area contributed by atoms with Crippen molar-refractivity contribution in [3.63, 3.8) is 0 Å². The van der Waals surface area contributed by atoms with Crippen LogP contribution in [0, 0.1) is 11.6 Å². The Hall–Kier alpha value is -1.75. The van der Waals surface area contributed by atoms with Crippen LogP contribution in [0.15, 0.2) is 46.9 Å². The molecule has 0 saturated heterocycles. The van der Waals surface area contributed by atoms with Crippen molar-refractivity contribution in [1.82, 2.24) is 5.32 Å². The van der Waals surface area contributed by atoms with Gasteiger partial charge >= 0.3 is 0 Å². The number of halogens is 3. The van der Waals surface area contributed by atoms with E-state index in [1.54, 1.807) is 19.1 Å². The molecule has 2 nitrogen and oxygen atoms in total. The fourth-order valence-corrected chi connectivity index (χ4v) is 2.16. The molecule has 0 radical (unpaired) electrons. The maximum atomic E-state index is 13.1. The quantitative estimate of drug-likeness (QED) is 0.891. The van der Waals surface area contributed by atoms with Crippen molar-refractivity contribution in [2.75, 3.05) is 0 Å². The average Bonchev–Trinajstić information content (AvgIpc) is 2.41. The number of carbonyl (C=O) groups is 1. The van der Waals surface area contributed by atoms with Gasteiger partial charge in [-0.15, -0.1) is 0 Å². The summed E-state index contributed by atoms with van der Waals surface area (Å²) in [6.07, 6.45) is 0. The summed E-state index contributed by atoms with van der Waals surface area (Å²) >= 11 is 3.03. The van der Waals surface area contributed by atoms with E-state index in [0.717, 1.165) is 0 Å². The third-order valence-electron chi connectivity index (χ3n) is 2.88. The lowest BCUT2D eigenvalue weighted by Gasteiger charge is -2.14. The Morgan fingerprint density at radius 3 is 2.60 bits per heavy atom. The highest BCUT2D eigenvalue weighted by atomic mass is 79.9. The lowest BCUT2D eigenvalue weighted by molar-refractivity contribution is 0.0939. The van der Waals surface area contributed by atoms with E-state index in [2.05, 4.69) is 21.2 Å². The Morgan fingerprint density at radius 2 is 1.95 bits per heavy atom. The summed E-state index contributed by atoms with van der Waals surface area (Å²) < 4.78 is 26.5. The van der Waals surface area contributed by atoms with Gasteiger partial charge in [-0.2, -0.15) is 0 Å². The van der Waals surface area contributed by atoms with Crippen LogP contribution in [-0.2, 0) is 0 Å². The second-order valence-corrected chi connectivity index (χ2v) is 5.23. The predicted molar refractivity (Wildman–Crippen MR) is 76.4 cm³/mol.